The molecule has 13 heteroatoms. The lowest BCUT2D eigenvalue weighted by Crippen LogP contribution is -2.17. The van der Waals surface area contributed by atoms with Crippen molar-refractivity contribution in [2.45, 2.75) is 0 Å². The van der Waals surface area contributed by atoms with Gasteiger partial charge in [-0.2, -0.15) is 0 Å². The summed E-state index contributed by atoms with van der Waals surface area (Å²) in [5.41, 5.74) is -9.55. The largest absolute Gasteiger partial charge is 0.478 e. The number of carboxylic acids is 6. The van der Waals surface area contributed by atoms with Gasteiger partial charge in [0.25, 0.3) is 0 Å². The molecule has 12 nitrogen and oxygen atoms in total. The summed E-state index contributed by atoms with van der Waals surface area (Å²) in [5.74, 6) is -12.8. The number of aromatic carboxylic acids is 6. The van der Waals surface area contributed by atoms with E-state index >= 15 is 4.39 Å². The average Bonchev–Trinajstić information content (AvgIpc) is 2.81. The van der Waals surface area contributed by atoms with E-state index in [-0.39, 0.29) is 6.07 Å². The lowest BCUT2D eigenvalue weighted by atomic mass is 9.82. The number of hydrogen-bond acceptors (Lipinski definition) is 6. The highest BCUT2D eigenvalue weighted by Crippen LogP contribution is 2.43. The number of carboxylic acid groups (broad SMARTS) is 6. The molecule has 0 heterocycles. The smallest absolute Gasteiger partial charge is 0.337 e. The Morgan fingerprint density at radius 1 is 0.486 bits per heavy atom. The van der Waals surface area contributed by atoms with Gasteiger partial charge in [0.1, 0.15) is 5.82 Å². The quantitative estimate of drug-likeness (QED) is 0.256. The fourth-order valence-corrected chi connectivity index (χ4v) is 3.91. The number of hydrogen-bond donors (Lipinski definition) is 6. The first kappa shape index (κ1) is 26.0. The molecule has 0 atom stereocenters. The van der Waals surface area contributed by atoms with Gasteiger partial charge in [0.2, 0.25) is 0 Å². The Labute approximate surface area is 204 Å². The number of carbonyl (C=O) groups is 6. The normalized spacial score (nSPS) is 10.5. The molecule has 0 aliphatic rings. The van der Waals surface area contributed by atoms with Crippen LogP contribution in [0.2, 0.25) is 0 Å². The summed E-state index contributed by atoms with van der Waals surface area (Å²) >= 11 is 0. The van der Waals surface area contributed by atoms with E-state index in [0.717, 1.165) is 36.4 Å². The fourth-order valence-electron chi connectivity index (χ4n) is 3.91. The first-order valence-corrected chi connectivity index (χ1v) is 9.82. The zero-order chi connectivity index (χ0) is 27.8. The third-order valence-electron chi connectivity index (χ3n) is 5.28. The molecule has 3 aromatic carbocycles. The molecule has 0 unspecified atom stereocenters. The summed E-state index contributed by atoms with van der Waals surface area (Å²) in [7, 11) is 0. The predicted octanol–water partition coefficient (Wildman–Crippen LogP) is 3.35. The molecule has 0 radical (unpaired) electrons. The SMILES string of the molecule is O=C(O)c1cccc(-c2c(F)cc(C(=O)O)c(C(=O)O)c2-c2cccc(C(=O)O)c2C(=O)O)c1C(=O)O. The second kappa shape index (κ2) is 9.58. The number of halogens is 1. The molecular weight excluding hydrogens is 499 g/mol. The van der Waals surface area contributed by atoms with Gasteiger partial charge < -0.3 is 30.6 Å². The zero-order valence-corrected chi connectivity index (χ0v) is 18.1. The average molecular weight is 512 g/mol. The second-order valence-corrected chi connectivity index (χ2v) is 7.32. The molecule has 0 aromatic heterocycles. The van der Waals surface area contributed by atoms with E-state index in [0.29, 0.717) is 0 Å². The van der Waals surface area contributed by atoms with Gasteiger partial charge in [0, 0.05) is 16.7 Å². The first-order chi connectivity index (χ1) is 17.3. The molecule has 3 aromatic rings. The minimum atomic E-state index is -2.00. The monoisotopic (exact) mass is 512 g/mol. The van der Waals surface area contributed by atoms with Gasteiger partial charge in [0.05, 0.1) is 33.4 Å². The molecule has 0 bridgehead atoms. The van der Waals surface area contributed by atoms with E-state index in [1.54, 1.807) is 0 Å². The van der Waals surface area contributed by atoms with Crippen molar-refractivity contribution in [3.05, 3.63) is 81.7 Å². The van der Waals surface area contributed by atoms with E-state index in [4.69, 9.17) is 0 Å². The van der Waals surface area contributed by atoms with E-state index in [1.807, 2.05) is 0 Å². The highest BCUT2D eigenvalue weighted by Gasteiger charge is 2.34. The molecule has 3 rings (SSSR count). The molecule has 0 saturated carbocycles. The molecular formula is C24H13FO12. The Morgan fingerprint density at radius 3 is 1.22 bits per heavy atom. The van der Waals surface area contributed by atoms with Gasteiger partial charge in [-0.3, -0.25) is 0 Å². The summed E-state index contributed by atoms with van der Waals surface area (Å²) in [5, 5.41) is 57.8. The van der Waals surface area contributed by atoms with Crippen molar-refractivity contribution in [1.82, 2.24) is 0 Å². The minimum Gasteiger partial charge on any atom is -0.478 e. The van der Waals surface area contributed by atoms with Crippen molar-refractivity contribution in [2.24, 2.45) is 0 Å². The van der Waals surface area contributed by atoms with Crippen LogP contribution in [0.25, 0.3) is 22.3 Å². The third kappa shape index (κ3) is 4.43. The summed E-state index contributed by atoms with van der Waals surface area (Å²) < 4.78 is 15.6. The van der Waals surface area contributed by atoms with Crippen LogP contribution >= 0.6 is 0 Å². The van der Waals surface area contributed by atoms with Crippen LogP contribution in [0.5, 0.6) is 0 Å². The van der Waals surface area contributed by atoms with Crippen LogP contribution < -0.4 is 0 Å². The lowest BCUT2D eigenvalue weighted by molar-refractivity contribution is 0.0649. The molecule has 0 saturated heterocycles. The van der Waals surface area contributed by atoms with Crippen molar-refractivity contribution in [2.75, 3.05) is 0 Å². The van der Waals surface area contributed by atoms with Crippen molar-refractivity contribution < 1.29 is 63.8 Å². The van der Waals surface area contributed by atoms with Crippen molar-refractivity contribution in [3.63, 3.8) is 0 Å². The van der Waals surface area contributed by atoms with Gasteiger partial charge in [-0.1, -0.05) is 24.3 Å². The molecule has 0 aliphatic carbocycles. The Morgan fingerprint density at radius 2 is 0.865 bits per heavy atom. The van der Waals surface area contributed by atoms with Crippen LogP contribution in [0, 0.1) is 5.82 Å². The molecule has 0 fully saturated rings. The van der Waals surface area contributed by atoms with E-state index in [2.05, 4.69) is 0 Å². The maximum absolute atomic E-state index is 15.6. The van der Waals surface area contributed by atoms with Crippen molar-refractivity contribution >= 4 is 35.8 Å². The van der Waals surface area contributed by atoms with Gasteiger partial charge in [-0.15, -0.1) is 0 Å². The third-order valence-corrected chi connectivity index (χ3v) is 5.28. The number of benzene rings is 3. The van der Waals surface area contributed by atoms with Crippen molar-refractivity contribution in [3.8, 4) is 22.3 Å². The van der Waals surface area contributed by atoms with E-state index in [9.17, 15) is 59.4 Å². The van der Waals surface area contributed by atoms with Crippen LogP contribution in [0.4, 0.5) is 4.39 Å². The maximum atomic E-state index is 15.6. The summed E-state index contributed by atoms with van der Waals surface area (Å²) in [6, 6.07) is 5.75. The van der Waals surface area contributed by atoms with Gasteiger partial charge in [-0.25, -0.2) is 33.2 Å². The Balaban J connectivity index is 2.74. The molecule has 0 amide bonds. The van der Waals surface area contributed by atoms with Crippen LogP contribution in [-0.2, 0) is 0 Å². The lowest BCUT2D eigenvalue weighted by Gasteiger charge is -2.20. The van der Waals surface area contributed by atoms with E-state index in [1.165, 1.54) is 0 Å². The molecule has 188 valence electrons. The summed E-state index contributed by atoms with van der Waals surface area (Å²) in [6.45, 7) is 0. The van der Waals surface area contributed by atoms with Crippen LogP contribution in [0.1, 0.15) is 62.1 Å². The Hall–Kier alpha value is -5.59. The van der Waals surface area contributed by atoms with Gasteiger partial charge in [0.15, 0.2) is 0 Å². The zero-order valence-electron chi connectivity index (χ0n) is 18.1. The van der Waals surface area contributed by atoms with E-state index < -0.39 is 97.3 Å². The molecule has 0 aliphatic heterocycles. The first-order valence-electron chi connectivity index (χ1n) is 9.82. The predicted molar refractivity (Wildman–Crippen MR) is 119 cm³/mol. The maximum Gasteiger partial charge on any atom is 0.337 e. The molecule has 6 N–H and O–H groups in total. The van der Waals surface area contributed by atoms with Gasteiger partial charge in [-0.05, 0) is 23.8 Å². The standard InChI is InChI=1S/C24H13FO12/c25-13-7-12(21(30)31)18(24(36)37)17(9-4-2-6-11(20(28)29)15(9)23(34)35)16(13)8-3-1-5-10(19(26)27)14(8)22(32)33/h1-7H,(H,26,27)(H,28,29)(H,30,31)(H,32,33)(H,34,35)(H,36,37). The highest BCUT2D eigenvalue weighted by atomic mass is 19.1. The Bertz CT molecular complexity index is 1550. The summed E-state index contributed by atoms with van der Waals surface area (Å²) in [6.07, 6.45) is 0. The fraction of sp³-hybridized carbons (Fsp3) is 0. The topological polar surface area (TPSA) is 224 Å². The summed E-state index contributed by atoms with van der Waals surface area (Å²) in [4.78, 5) is 71.5. The second-order valence-electron chi connectivity index (χ2n) is 7.32. The molecule has 37 heavy (non-hydrogen) atoms. The number of rotatable bonds is 8. The van der Waals surface area contributed by atoms with Crippen LogP contribution in [0.15, 0.2) is 42.5 Å². The van der Waals surface area contributed by atoms with Crippen LogP contribution in [0.3, 0.4) is 0 Å². The minimum absolute atomic E-state index is 0.255. The van der Waals surface area contributed by atoms with Gasteiger partial charge >= 0.3 is 35.8 Å². The Kier molecular flexibility index (Phi) is 6.73. The highest BCUT2D eigenvalue weighted by molar-refractivity contribution is 6.16. The molecule has 0 spiro atoms. The van der Waals surface area contributed by atoms with Crippen LogP contribution in [-0.4, -0.2) is 66.5 Å². The van der Waals surface area contributed by atoms with Crippen molar-refractivity contribution in [1.29, 1.82) is 0 Å².